The number of aliphatic hydroxyl groups is 1. The molecule has 3 aromatic rings. The lowest BCUT2D eigenvalue weighted by molar-refractivity contribution is -0.223. The lowest BCUT2D eigenvalue weighted by atomic mass is 9.95. The molecule has 5 atom stereocenters. The summed E-state index contributed by atoms with van der Waals surface area (Å²) in [6, 6.07) is 28.6. The normalized spacial score (nSPS) is 15.1. The van der Waals surface area contributed by atoms with Crippen LogP contribution in [0, 0.1) is 11.3 Å². The highest BCUT2D eigenvalue weighted by Crippen LogP contribution is 2.30. The largest absolute Gasteiger partial charge is 0.453 e. The minimum atomic E-state index is -2.26. The summed E-state index contributed by atoms with van der Waals surface area (Å²) in [5.41, 5.74) is 2.72. The van der Waals surface area contributed by atoms with E-state index in [4.69, 9.17) is 63.9 Å². The highest BCUT2D eigenvalue weighted by Gasteiger charge is 2.44. The van der Waals surface area contributed by atoms with Crippen molar-refractivity contribution in [3.8, 4) is 0 Å². The van der Waals surface area contributed by atoms with Gasteiger partial charge in [0.1, 0.15) is 6.10 Å². The van der Waals surface area contributed by atoms with E-state index >= 15 is 0 Å². The Morgan fingerprint density at radius 3 is 1.63 bits per heavy atom. The van der Waals surface area contributed by atoms with Gasteiger partial charge in [-0.05, 0) is 16.7 Å². The van der Waals surface area contributed by atoms with Crippen LogP contribution in [0.1, 0.15) is 30.5 Å². The van der Waals surface area contributed by atoms with Crippen molar-refractivity contribution in [1.29, 1.82) is 5.41 Å². The number of esters is 1. The smallest absolute Gasteiger partial charge is 0.303 e. The van der Waals surface area contributed by atoms with E-state index in [-0.39, 0.29) is 25.7 Å². The minimum Gasteiger partial charge on any atom is -0.453 e. The summed E-state index contributed by atoms with van der Waals surface area (Å²) in [5, 5.41) is 19.1. The van der Waals surface area contributed by atoms with Crippen molar-refractivity contribution in [2.24, 2.45) is 5.92 Å². The Morgan fingerprint density at radius 1 is 0.744 bits per heavy atom. The Bertz CT molecular complexity index is 1250. The molecular weight excluding hydrogens is 617 g/mol. The minimum absolute atomic E-state index is 0.0840. The van der Waals surface area contributed by atoms with Gasteiger partial charge in [0.15, 0.2) is 6.10 Å². The average molecular weight is 653 g/mol. The number of benzene rings is 3. The summed E-state index contributed by atoms with van der Waals surface area (Å²) >= 11 is 17.4. The third-order valence-corrected chi connectivity index (χ3v) is 6.87. The molecule has 0 aliphatic carbocycles. The Balaban J connectivity index is 1.94. The number of ether oxygens (including phenoxy) is 5. The number of halogens is 3. The van der Waals surface area contributed by atoms with Gasteiger partial charge in [0.2, 0.25) is 12.2 Å². The number of carbonyl (C=O) groups excluding carboxylic acids is 1. The van der Waals surface area contributed by atoms with Crippen molar-refractivity contribution in [3.63, 3.8) is 0 Å². The van der Waals surface area contributed by atoms with Gasteiger partial charge >= 0.3 is 5.97 Å². The number of aliphatic hydroxyl groups excluding tert-OH is 1. The lowest BCUT2D eigenvalue weighted by Gasteiger charge is -2.37. The van der Waals surface area contributed by atoms with E-state index in [9.17, 15) is 9.90 Å². The van der Waals surface area contributed by atoms with Crippen molar-refractivity contribution in [1.82, 2.24) is 0 Å². The molecule has 3 aromatic carbocycles. The summed E-state index contributed by atoms with van der Waals surface area (Å²) < 4.78 is 27.3. The SMILES string of the molecule is CC(=O)OC(C(OCc1ccccc1)[C@H](OCc1ccccc1)[C@H](C)COCc1ccccc1)[C@H](O)OC(=N)C(Cl)(Cl)Cl. The second-order valence-corrected chi connectivity index (χ2v) is 12.2. The average Bonchev–Trinajstić information content (AvgIpc) is 2.98. The Morgan fingerprint density at radius 2 is 1.19 bits per heavy atom. The molecule has 0 saturated carbocycles. The molecule has 11 heteroatoms. The molecule has 0 aromatic heterocycles. The summed E-state index contributed by atoms with van der Waals surface area (Å²) in [5.74, 6) is -1.92. The van der Waals surface area contributed by atoms with Gasteiger partial charge in [-0.2, -0.15) is 0 Å². The molecule has 0 fully saturated rings. The molecule has 0 radical (unpaired) electrons. The fraction of sp³-hybridized carbons (Fsp3) is 0.375. The quantitative estimate of drug-likeness (QED) is 0.0589. The van der Waals surface area contributed by atoms with Gasteiger partial charge in [0, 0.05) is 12.8 Å². The maximum Gasteiger partial charge on any atom is 0.303 e. The molecule has 2 unspecified atom stereocenters. The van der Waals surface area contributed by atoms with Crippen LogP contribution in [0.25, 0.3) is 0 Å². The molecule has 0 aliphatic heterocycles. The van der Waals surface area contributed by atoms with E-state index in [1.54, 1.807) is 0 Å². The van der Waals surface area contributed by atoms with Crippen LogP contribution >= 0.6 is 34.8 Å². The maximum atomic E-state index is 12.3. The topological polar surface area (TPSA) is 107 Å². The van der Waals surface area contributed by atoms with Gasteiger partial charge in [-0.25, -0.2) is 0 Å². The molecule has 3 rings (SSSR count). The summed E-state index contributed by atoms with van der Waals surface area (Å²) in [6.07, 6.45) is -5.33. The molecule has 43 heavy (non-hydrogen) atoms. The van der Waals surface area contributed by atoms with Crippen molar-refractivity contribution >= 4 is 46.7 Å². The number of hydrogen-bond acceptors (Lipinski definition) is 8. The second kappa shape index (κ2) is 17.6. The van der Waals surface area contributed by atoms with Gasteiger partial charge in [0.05, 0.1) is 32.5 Å². The van der Waals surface area contributed by atoms with Crippen LogP contribution in [0.4, 0.5) is 0 Å². The first-order chi connectivity index (χ1) is 20.5. The van der Waals surface area contributed by atoms with Crippen molar-refractivity contribution in [2.75, 3.05) is 6.61 Å². The number of rotatable bonds is 16. The van der Waals surface area contributed by atoms with Gasteiger partial charge in [0.25, 0.3) is 3.79 Å². The molecule has 0 spiro atoms. The Labute approximate surface area is 267 Å². The van der Waals surface area contributed by atoms with E-state index in [1.807, 2.05) is 97.9 Å². The fourth-order valence-electron chi connectivity index (χ4n) is 4.26. The lowest BCUT2D eigenvalue weighted by Crippen LogP contribution is -2.53. The van der Waals surface area contributed by atoms with Gasteiger partial charge in [-0.3, -0.25) is 10.2 Å². The van der Waals surface area contributed by atoms with Gasteiger partial charge in [-0.1, -0.05) is 133 Å². The van der Waals surface area contributed by atoms with Crippen LogP contribution in [0.3, 0.4) is 0 Å². The number of carbonyl (C=O) groups is 1. The first-order valence-electron chi connectivity index (χ1n) is 13.6. The van der Waals surface area contributed by atoms with Gasteiger partial charge < -0.3 is 28.8 Å². The van der Waals surface area contributed by atoms with Crippen LogP contribution in [0.2, 0.25) is 0 Å². The number of nitrogens with one attached hydrogen (secondary N) is 1. The monoisotopic (exact) mass is 651 g/mol. The number of hydrogen-bond donors (Lipinski definition) is 2. The Kier molecular flexibility index (Phi) is 14.2. The molecule has 0 bridgehead atoms. The van der Waals surface area contributed by atoms with E-state index in [2.05, 4.69) is 0 Å². The summed E-state index contributed by atoms with van der Waals surface area (Å²) in [4.78, 5) is 12.3. The van der Waals surface area contributed by atoms with Crippen LogP contribution in [-0.4, -0.2) is 52.0 Å². The van der Waals surface area contributed by atoms with Crippen LogP contribution in [-0.2, 0) is 48.3 Å². The highest BCUT2D eigenvalue weighted by atomic mass is 35.6. The predicted molar refractivity (Wildman–Crippen MR) is 166 cm³/mol. The molecular formula is C32H36Cl3NO7. The van der Waals surface area contributed by atoms with Crippen molar-refractivity contribution < 1.29 is 33.6 Å². The molecule has 2 N–H and O–H groups in total. The predicted octanol–water partition coefficient (Wildman–Crippen LogP) is 6.62. The second-order valence-electron chi connectivity index (χ2n) is 9.91. The molecule has 0 saturated heterocycles. The zero-order valence-corrected chi connectivity index (χ0v) is 26.2. The maximum absolute atomic E-state index is 12.3. The third kappa shape index (κ3) is 12.1. The van der Waals surface area contributed by atoms with E-state index in [0.29, 0.717) is 6.61 Å². The van der Waals surface area contributed by atoms with Crippen LogP contribution in [0.5, 0.6) is 0 Å². The van der Waals surface area contributed by atoms with Crippen molar-refractivity contribution in [2.45, 2.75) is 62.1 Å². The van der Waals surface area contributed by atoms with E-state index < -0.39 is 40.3 Å². The molecule has 0 aliphatic rings. The van der Waals surface area contributed by atoms with Crippen LogP contribution in [0.15, 0.2) is 91.0 Å². The van der Waals surface area contributed by atoms with E-state index in [0.717, 1.165) is 16.7 Å². The van der Waals surface area contributed by atoms with Crippen LogP contribution < -0.4 is 0 Å². The summed E-state index contributed by atoms with van der Waals surface area (Å²) in [7, 11) is 0. The molecule has 0 heterocycles. The van der Waals surface area contributed by atoms with Crippen molar-refractivity contribution in [3.05, 3.63) is 108 Å². The standard InChI is InChI=1S/C32H36Cl3NO7/c1-22(18-39-19-24-12-6-3-7-13-24)27(40-20-25-14-8-4-9-15-25)28(41-21-26-16-10-5-11-17-26)29(42-23(2)37)30(38)43-31(36)32(33,34)35/h3-17,22,27-30,36,38H,18-21H2,1-2H3/t22-,27-,28?,29?,30-/m1/s1. The first-order valence-corrected chi connectivity index (χ1v) is 14.8. The van der Waals surface area contributed by atoms with Gasteiger partial charge in [-0.15, -0.1) is 0 Å². The first kappa shape index (κ1) is 34.8. The Hall–Kier alpha value is -2.69. The highest BCUT2D eigenvalue weighted by molar-refractivity contribution is 6.76. The number of alkyl halides is 3. The fourth-order valence-corrected chi connectivity index (χ4v) is 4.39. The molecule has 8 nitrogen and oxygen atoms in total. The third-order valence-electron chi connectivity index (χ3n) is 6.35. The molecule has 232 valence electrons. The van der Waals surface area contributed by atoms with E-state index in [1.165, 1.54) is 6.92 Å². The molecule has 0 amide bonds. The zero-order valence-electron chi connectivity index (χ0n) is 23.9. The summed E-state index contributed by atoms with van der Waals surface area (Å²) in [6.45, 7) is 3.97. The zero-order chi connectivity index (χ0) is 31.2.